The van der Waals surface area contributed by atoms with Crippen molar-refractivity contribution >= 4 is 11.8 Å². The molecule has 0 aliphatic carbocycles. The van der Waals surface area contributed by atoms with Crippen molar-refractivity contribution < 1.29 is 0 Å². The van der Waals surface area contributed by atoms with E-state index in [0.717, 1.165) is 18.2 Å². The predicted octanol–water partition coefficient (Wildman–Crippen LogP) is 0.939. The lowest BCUT2D eigenvalue weighted by atomic mass is 10.2. The maximum atomic E-state index is 5.49. The molecule has 70 valence electrons. The third-order valence-corrected chi connectivity index (χ3v) is 3.44. The van der Waals surface area contributed by atoms with Crippen molar-refractivity contribution in [1.82, 2.24) is 4.90 Å². The van der Waals surface area contributed by atoms with Gasteiger partial charge in [0.2, 0.25) is 0 Å². The van der Waals surface area contributed by atoms with Crippen LogP contribution in [0.2, 0.25) is 0 Å². The highest BCUT2D eigenvalue weighted by Gasteiger charge is 2.19. The zero-order valence-electron chi connectivity index (χ0n) is 7.75. The fraction of sp³-hybridized carbons (Fsp3) is 0.778. The molecule has 1 fully saturated rings. The minimum atomic E-state index is 0.615. The molecule has 1 unspecified atom stereocenters. The van der Waals surface area contributed by atoms with Gasteiger partial charge < -0.3 is 5.73 Å². The fourth-order valence-electron chi connectivity index (χ4n) is 1.42. The monoisotopic (exact) mass is 186 g/mol. The maximum absolute atomic E-state index is 5.49. The Labute approximate surface area is 79.2 Å². The largest absolute Gasteiger partial charge is 0.327 e. The number of thioether (sulfide) groups is 1. The second kappa shape index (κ2) is 4.90. The molecule has 1 heterocycles. The molecule has 3 heteroatoms. The molecular formula is C9H18N2S. The summed E-state index contributed by atoms with van der Waals surface area (Å²) in [6.07, 6.45) is 1.32. The van der Waals surface area contributed by atoms with Crippen LogP contribution in [0, 0.1) is 0 Å². The van der Waals surface area contributed by atoms with E-state index < -0.39 is 0 Å². The summed E-state index contributed by atoms with van der Waals surface area (Å²) < 4.78 is 0. The summed E-state index contributed by atoms with van der Waals surface area (Å²) in [6.45, 7) is 5.49. The molecule has 1 atom stereocenters. The van der Waals surface area contributed by atoms with Crippen LogP contribution in [0.4, 0.5) is 0 Å². The van der Waals surface area contributed by atoms with Crippen LogP contribution in [-0.4, -0.2) is 42.6 Å². The molecule has 2 nitrogen and oxygen atoms in total. The van der Waals surface area contributed by atoms with Crippen molar-refractivity contribution in [3.8, 4) is 0 Å². The van der Waals surface area contributed by atoms with Crippen molar-refractivity contribution in [2.75, 3.05) is 31.6 Å². The second-order valence-electron chi connectivity index (χ2n) is 3.39. The smallest absolute Gasteiger partial charge is 0.0203 e. The van der Waals surface area contributed by atoms with E-state index >= 15 is 0 Å². The molecule has 0 aromatic rings. The van der Waals surface area contributed by atoms with Gasteiger partial charge in [0, 0.05) is 24.9 Å². The van der Waals surface area contributed by atoms with Crippen LogP contribution in [0.3, 0.4) is 0 Å². The second-order valence-corrected chi connectivity index (χ2v) is 4.54. The van der Waals surface area contributed by atoms with Crippen molar-refractivity contribution in [2.45, 2.75) is 12.5 Å². The lowest BCUT2D eigenvalue weighted by Crippen LogP contribution is -2.34. The highest BCUT2D eigenvalue weighted by Crippen LogP contribution is 2.21. The zero-order valence-corrected chi connectivity index (χ0v) is 8.57. The number of hydrogen-bond donors (Lipinski definition) is 1. The van der Waals surface area contributed by atoms with Gasteiger partial charge in [-0.1, -0.05) is 6.58 Å². The summed E-state index contributed by atoms with van der Waals surface area (Å²) in [7, 11) is 2.16. The minimum absolute atomic E-state index is 0.615. The van der Waals surface area contributed by atoms with Crippen molar-refractivity contribution in [2.24, 2.45) is 5.73 Å². The summed E-state index contributed by atoms with van der Waals surface area (Å²) in [5.41, 5.74) is 6.62. The molecule has 1 aliphatic heterocycles. The SMILES string of the molecule is C=C(CN)CN(C)C1CCSC1. The molecule has 0 amide bonds. The molecule has 0 saturated carbocycles. The average molecular weight is 186 g/mol. The Morgan fingerprint density at radius 2 is 2.50 bits per heavy atom. The standard InChI is InChI=1S/C9H18N2S/c1-8(5-10)6-11(2)9-3-4-12-7-9/h9H,1,3-7,10H2,2H3. The molecule has 1 rings (SSSR count). The third kappa shape index (κ3) is 2.81. The average Bonchev–Trinajstić information content (AvgIpc) is 2.56. The van der Waals surface area contributed by atoms with E-state index in [1.807, 2.05) is 11.8 Å². The molecule has 12 heavy (non-hydrogen) atoms. The van der Waals surface area contributed by atoms with E-state index in [-0.39, 0.29) is 0 Å². The van der Waals surface area contributed by atoms with Crippen LogP contribution in [-0.2, 0) is 0 Å². The van der Waals surface area contributed by atoms with Crippen molar-refractivity contribution in [1.29, 1.82) is 0 Å². The Kier molecular flexibility index (Phi) is 4.12. The van der Waals surface area contributed by atoms with E-state index in [1.54, 1.807) is 0 Å². The highest BCUT2D eigenvalue weighted by atomic mass is 32.2. The molecule has 0 aromatic carbocycles. The first-order valence-electron chi connectivity index (χ1n) is 4.38. The Balaban J connectivity index is 2.26. The van der Waals surface area contributed by atoms with Gasteiger partial charge in [0.15, 0.2) is 0 Å². The molecule has 0 bridgehead atoms. The number of likely N-dealkylation sites (N-methyl/N-ethyl adjacent to an activating group) is 1. The Bertz CT molecular complexity index is 153. The minimum Gasteiger partial charge on any atom is -0.327 e. The zero-order chi connectivity index (χ0) is 8.97. The highest BCUT2D eigenvalue weighted by molar-refractivity contribution is 7.99. The van der Waals surface area contributed by atoms with E-state index in [0.29, 0.717) is 6.54 Å². The van der Waals surface area contributed by atoms with Crippen LogP contribution in [0.1, 0.15) is 6.42 Å². The van der Waals surface area contributed by atoms with E-state index in [2.05, 4.69) is 18.5 Å². The Morgan fingerprint density at radius 1 is 1.75 bits per heavy atom. The van der Waals surface area contributed by atoms with Gasteiger partial charge in [0.05, 0.1) is 0 Å². The molecule has 0 radical (unpaired) electrons. The number of nitrogens with zero attached hydrogens (tertiary/aromatic N) is 1. The van der Waals surface area contributed by atoms with Gasteiger partial charge in [-0.05, 0) is 24.8 Å². The normalized spacial score (nSPS) is 23.4. The first-order valence-corrected chi connectivity index (χ1v) is 5.54. The lowest BCUT2D eigenvalue weighted by Gasteiger charge is -2.23. The number of nitrogens with two attached hydrogens (primary N) is 1. The molecule has 2 N–H and O–H groups in total. The summed E-state index contributed by atoms with van der Waals surface area (Å²) >= 11 is 2.04. The van der Waals surface area contributed by atoms with Gasteiger partial charge in [-0.25, -0.2) is 0 Å². The third-order valence-electron chi connectivity index (χ3n) is 2.29. The van der Waals surface area contributed by atoms with Gasteiger partial charge >= 0.3 is 0 Å². The van der Waals surface area contributed by atoms with Crippen LogP contribution in [0.5, 0.6) is 0 Å². The van der Waals surface area contributed by atoms with E-state index in [1.165, 1.54) is 17.9 Å². The first kappa shape index (κ1) is 10.1. The predicted molar refractivity (Wildman–Crippen MR) is 56.6 cm³/mol. The van der Waals surface area contributed by atoms with Gasteiger partial charge in [0.1, 0.15) is 0 Å². The van der Waals surface area contributed by atoms with Crippen LogP contribution >= 0.6 is 11.8 Å². The van der Waals surface area contributed by atoms with Crippen LogP contribution in [0.25, 0.3) is 0 Å². The van der Waals surface area contributed by atoms with Crippen LogP contribution in [0.15, 0.2) is 12.2 Å². The lowest BCUT2D eigenvalue weighted by molar-refractivity contribution is 0.283. The number of hydrogen-bond acceptors (Lipinski definition) is 3. The summed E-state index contributed by atoms with van der Waals surface area (Å²) in [5, 5.41) is 0. The molecule has 0 spiro atoms. The van der Waals surface area contributed by atoms with Crippen molar-refractivity contribution in [3.05, 3.63) is 12.2 Å². The quantitative estimate of drug-likeness (QED) is 0.663. The maximum Gasteiger partial charge on any atom is 0.0203 e. The Hall–Kier alpha value is 0.0100. The summed E-state index contributed by atoms with van der Waals surface area (Å²) in [6, 6.07) is 0.748. The van der Waals surface area contributed by atoms with Gasteiger partial charge in [-0.3, -0.25) is 4.90 Å². The van der Waals surface area contributed by atoms with E-state index in [9.17, 15) is 0 Å². The van der Waals surface area contributed by atoms with Gasteiger partial charge in [0.25, 0.3) is 0 Å². The Morgan fingerprint density at radius 3 is 3.00 bits per heavy atom. The first-order chi connectivity index (χ1) is 5.74. The molecular weight excluding hydrogens is 168 g/mol. The topological polar surface area (TPSA) is 29.3 Å². The number of rotatable bonds is 4. The summed E-state index contributed by atoms with van der Waals surface area (Å²) in [4.78, 5) is 2.37. The molecule has 0 aromatic heterocycles. The van der Waals surface area contributed by atoms with E-state index in [4.69, 9.17) is 5.73 Å². The fourth-order valence-corrected chi connectivity index (χ4v) is 2.71. The van der Waals surface area contributed by atoms with Crippen LogP contribution < -0.4 is 5.73 Å². The summed E-state index contributed by atoms with van der Waals surface area (Å²) in [5.74, 6) is 2.58. The van der Waals surface area contributed by atoms with Gasteiger partial charge in [-0.2, -0.15) is 11.8 Å². The molecule has 1 saturated heterocycles. The van der Waals surface area contributed by atoms with Crippen molar-refractivity contribution in [3.63, 3.8) is 0 Å². The van der Waals surface area contributed by atoms with Gasteiger partial charge in [-0.15, -0.1) is 0 Å². The molecule has 1 aliphatic rings.